The molecule has 0 saturated heterocycles. The van der Waals surface area contributed by atoms with E-state index < -0.39 is 0 Å². The summed E-state index contributed by atoms with van der Waals surface area (Å²) in [5, 5.41) is 9.01. The Labute approximate surface area is 77.7 Å². The van der Waals surface area contributed by atoms with Gasteiger partial charge in [-0.25, -0.2) is 0 Å². The first-order valence-corrected chi connectivity index (χ1v) is 5.73. The van der Waals surface area contributed by atoms with E-state index in [0.29, 0.717) is 10.0 Å². The van der Waals surface area contributed by atoms with Crippen molar-refractivity contribution in [3.8, 4) is 0 Å². The molecule has 3 heteroatoms. The van der Waals surface area contributed by atoms with Crippen molar-refractivity contribution >= 4 is 7.98 Å². The van der Waals surface area contributed by atoms with E-state index in [2.05, 4.69) is 13.8 Å². The van der Waals surface area contributed by atoms with E-state index in [1.54, 1.807) is 0 Å². The van der Waals surface area contributed by atoms with Gasteiger partial charge in [-0.15, -0.1) is 0 Å². The SMILES string of the molecule is CC(C)C[C](=[W])[C](O)=[W]. The standard InChI is InChI=1S/C6H10O.2W/c1-6(2)4-3-5-7;;/h6-7H,4H2,1-2H3;;. The molecule has 0 saturated carbocycles. The summed E-state index contributed by atoms with van der Waals surface area (Å²) in [5.74, 6) is 0.680. The Bertz CT molecular complexity index is 129. The fourth-order valence-electron chi connectivity index (χ4n) is 0.458. The van der Waals surface area contributed by atoms with E-state index >= 15 is 0 Å². The maximum atomic E-state index is 9.01. The second kappa shape index (κ2) is 4.83. The van der Waals surface area contributed by atoms with Crippen LogP contribution in [-0.2, 0) is 38.7 Å². The Morgan fingerprint density at radius 1 is 1.44 bits per heavy atom. The summed E-state index contributed by atoms with van der Waals surface area (Å²) in [6.07, 6.45) is 1.06. The molecule has 0 spiro atoms. The van der Waals surface area contributed by atoms with Crippen LogP contribution in [0, 0.1) is 5.92 Å². The normalized spacial score (nSPS) is 9.78. The van der Waals surface area contributed by atoms with Gasteiger partial charge in [-0.1, -0.05) is 0 Å². The van der Waals surface area contributed by atoms with E-state index in [1.165, 1.54) is 42.6 Å². The van der Waals surface area contributed by atoms with Crippen molar-refractivity contribution in [1.82, 2.24) is 0 Å². The van der Waals surface area contributed by atoms with Crippen molar-refractivity contribution in [1.29, 1.82) is 0 Å². The third-order valence-corrected chi connectivity index (χ3v) is 5.03. The third-order valence-electron chi connectivity index (χ3n) is 0.832. The van der Waals surface area contributed by atoms with Crippen LogP contribution in [0.15, 0.2) is 0 Å². The molecule has 0 amide bonds. The van der Waals surface area contributed by atoms with Crippen LogP contribution in [0.4, 0.5) is 0 Å². The van der Waals surface area contributed by atoms with Crippen LogP contribution in [0.1, 0.15) is 20.3 Å². The molecule has 0 aromatic rings. The van der Waals surface area contributed by atoms with Crippen LogP contribution in [0.5, 0.6) is 0 Å². The van der Waals surface area contributed by atoms with Crippen LogP contribution < -0.4 is 0 Å². The van der Waals surface area contributed by atoms with E-state index in [1.807, 2.05) is 0 Å². The molecule has 0 radical (unpaired) electrons. The Hall–Kier alpha value is 1.08. The van der Waals surface area contributed by atoms with Gasteiger partial charge in [-0.2, -0.15) is 0 Å². The second-order valence-electron chi connectivity index (χ2n) is 2.33. The predicted molar refractivity (Wildman–Crippen MR) is 31.4 cm³/mol. The van der Waals surface area contributed by atoms with Crippen molar-refractivity contribution in [2.75, 3.05) is 0 Å². The molecule has 0 aromatic carbocycles. The summed E-state index contributed by atoms with van der Waals surface area (Å²) in [7, 11) is 0. The first-order valence-electron chi connectivity index (χ1n) is 2.80. The zero-order valence-electron chi connectivity index (χ0n) is 5.55. The number of aliphatic hydroxyl groups excluding tert-OH is 1. The summed E-state index contributed by atoms with van der Waals surface area (Å²) in [5.41, 5.74) is 0. The minimum absolute atomic E-state index is 0.596. The average Bonchev–Trinajstić information content (AvgIpc) is 1.63. The van der Waals surface area contributed by atoms with E-state index in [0.717, 1.165) is 6.42 Å². The summed E-state index contributed by atoms with van der Waals surface area (Å²) < 4.78 is 1.82. The molecule has 0 aliphatic rings. The van der Waals surface area contributed by atoms with Crippen molar-refractivity contribution in [2.24, 2.45) is 5.92 Å². The minimum atomic E-state index is 0.596. The summed E-state index contributed by atoms with van der Waals surface area (Å²) in [6.45, 7) is 4.34. The van der Waals surface area contributed by atoms with Gasteiger partial charge in [0.25, 0.3) is 0 Å². The Morgan fingerprint density at radius 3 is 2.00 bits per heavy atom. The van der Waals surface area contributed by atoms with E-state index in [-0.39, 0.29) is 0 Å². The van der Waals surface area contributed by atoms with E-state index in [9.17, 15) is 0 Å². The molecule has 0 bridgehead atoms. The number of rotatable bonds is 3. The van der Waals surface area contributed by atoms with Crippen LogP contribution in [0.25, 0.3) is 0 Å². The molecule has 0 fully saturated rings. The maximum absolute atomic E-state index is 9.01. The molecular weight excluding hydrogens is 456 g/mol. The molecule has 0 aliphatic carbocycles. The monoisotopic (exact) mass is 466 g/mol. The van der Waals surface area contributed by atoms with Gasteiger partial charge in [0, 0.05) is 0 Å². The van der Waals surface area contributed by atoms with Crippen LogP contribution >= 0.6 is 0 Å². The van der Waals surface area contributed by atoms with Gasteiger partial charge >= 0.3 is 78.0 Å². The van der Waals surface area contributed by atoms with Crippen LogP contribution in [-0.4, -0.2) is 13.1 Å². The quantitative estimate of drug-likeness (QED) is 0.654. The molecule has 0 rings (SSSR count). The van der Waals surface area contributed by atoms with Gasteiger partial charge in [0.15, 0.2) is 0 Å². The molecule has 1 nitrogen and oxygen atoms in total. The number of hydrogen-bond acceptors (Lipinski definition) is 1. The van der Waals surface area contributed by atoms with Gasteiger partial charge in [0.05, 0.1) is 0 Å². The van der Waals surface area contributed by atoms with Gasteiger partial charge in [0.2, 0.25) is 0 Å². The molecule has 1 N–H and O–H groups in total. The van der Waals surface area contributed by atoms with Crippen LogP contribution in [0.2, 0.25) is 0 Å². The van der Waals surface area contributed by atoms with Crippen molar-refractivity contribution < 1.29 is 43.8 Å². The zero-order valence-corrected chi connectivity index (χ0v) is 11.4. The topological polar surface area (TPSA) is 20.2 Å². The summed E-state index contributed by atoms with van der Waals surface area (Å²) in [6, 6.07) is 0. The fourth-order valence-corrected chi connectivity index (χ4v) is 1.96. The number of aliphatic hydroxyl groups is 1. The van der Waals surface area contributed by atoms with Gasteiger partial charge in [-0.3, -0.25) is 0 Å². The van der Waals surface area contributed by atoms with Crippen LogP contribution in [0.3, 0.4) is 0 Å². The van der Waals surface area contributed by atoms with Gasteiger partial charge < -0.3 is 0 Å². The Morgan fingerprint density at radius 2 is 1.89 bits per heavy atom. The Kier molecular flexibility index (Phi) is 5.40. The second-order valence-corrected chi connectivity index (χ2v) is 5.49. The zero-order chi connectivity index (χ0) is 7.44. The van der Waals surface area contributed by atoms with Gasteiger partial charge in [-0.05, 0) is 0 Å². The summed E-state index contributed by atoms with van der Waals surface area (Å²) >= 11 is 2.60. The van der Waals surface area contributed by atoms with Crippen molar-refractivity contribution in [3.05, 3.63) is 0 Å². The molecule has 0 heterocycles. The third kappa shape index (κ3) is 5.52. The molecule has 9 heavy (non-hydrogen) atoms. The molecule has 0 aromatic heterocycles. The van der Waals surface area contributed by atoms with E-state index in [4.69, 9.17) is 5.11 Å². The predicted octanol–water partition coefficient (Wildman–Crippen LogP) is 0.801. The molecular formula is C6H10OW2. The fraction of sp³-hybridized carbons (Fsp3) is 0.667. The number of hydrogen-bond donors (Lipinski definition) is 1. The van der Waals surface area contributed by atoms with Crippen molar-refractivity contribution in [3.63, 3.8) is 0 Å². The first kappa shape index (κ1) is 10.1. The van der Waals surface area contributed by atoms with Gasteiger partial charge in [0.1, 0.15) is 0 Å². The molecule has 0 unspecified atom stereocenters. The average molecular weight is 466 g/mol. The molecule has 52 valence electrons. The molecule has 0 atom stereocenters. The summed E-state index contributed by atoms with van der Waals surface area (Å²) in [4.78, 5) is 0. The van der Waals surface area contributed by atoms with Crippen molar-refractivity contribution in [2.45, 2.75) is 20.3 Å². The molecule has 0 aliphatic heterocycles. The first-order chi connectivity index (χ1) is 4.04. The Balaban J connectivity index is 3.65.